The molecule has 14 heteroatoms. The van der Waals surface area contributed by atoms with E-state index in [1.54, 1.807) is 45.2 Å². The Bertz CT molecular complexity index is 1650. The number of sulfonamides is 1. The zero-order valence-corrected chi connectivity index (χ0v) is 28.9. The van der Waals surface area contributed by atoms with Crippen LogP contribution < -0.4 is 24.6 Å². The molecule has 2 N–H and O–H groups in total. The van der Waals surface area contributed by atoms with E-state index in [0.29, 0.717) is 28.9 Å². The molecule has 0 bridgehead atoms. The van der Waals surface area contributed by atoms with E-state index in [4.69, 9.17) is 9.47 Å². The quantitative estimate of drug-likeness (QED) is 0.285. The summed E-state index contributed by atoms with van der Waals surface area (Å²) in [5.41, 5.74) is 2.66. The molecular weight excluding hydrogens is 620 g/mol. The summed E-state index contributed by atoms with van der Waals surface area (Å²) in [4.78, 5) is 29.5. The lowest BCUT2D eigenvalue weighted by Crippen LogP contribution is -2.52. The van der Waals surface area contributed by atoms with Crippen molar-refractivity contribution in [2.24, 2.45) is 0 Å². The van der Waals surface area contributed by atoms with Crippen LogP contribution in [0.5, 0.6) is 5.75 Å². The van der Waals surface area contributed by atoms with Gasteiger partial charge in [-0.15, -0.1) is 0 Å². The van der Waals surface area contributed by atoms with E-state index in [9.17, 15) is 13.2 Å². The number of carbonyl (C=O) groups is 1. The number of hydrogen-bond acceptors (Lipinski definition) is 12. The maximum Gasteiger partial charge on any atom is 0.343 e. The third kappa shape index (κ3) is 8.42. The van der Waals surface area contributed by atoms with Crippen molar-refractivity contribution in [3.05, 3.63) is 54.2 Å². The summed E-state index contributed by atoms with van der Waals surface area (Å²) in [6, 6.07) is 13.5. The molecule has 2 fully saturated rings. The van der Waals surface area contributed by atoms with Crippen molar-refractivity contribution in [3.8, 4) is 5.75 Å². The molecule has 47 heavy (non-hydrogen) atoms. The number of nitrogens with zero attached hydrogens (tertiary/aromatic N) is 6. The molecule has 254 valence electrons. The van der Waals surface area contributed by atoms with Gasteiger partial charge in [0.25, 0.3) is 0 Å². The Hall–Kier alpha value is -4.14. The van der Waals surface area contributed by atoms with E-state index in [1.807, 2.05) is 12.1 Å². The van der Waals surface area contributed by atoms with Crippen LogP contribution in [-0.2, 0) is 14.8 Å². The minimum Gasteiger partial charge on any atom is -0.494 e. The van der Waals surface area contributed by atoms with E-state index in [2.05, 4.69) is 48.4 Å². The summed E-state index contributed by atoms with van der Waals surface area (Å²) in [6.07, 6.45) is 4.40. The van der Waals surface area contributed by atoms with Crippen LogP contribution >= 0.6 is 0 Å². The third-order valence-electron chi connectivity index (χ3n) is 8.66. The number of methoxy groups -OCH3 is 1. The second kappa shape index (κ2) is 14.7. The lowest BCUT2D eigenvalue weighted by Gasteiger charge is -2.42. The Kier molecular flexibility index (Phi) is 10.7. The number of ether oxygens (including phenoxy) is 2. The maximum atomic E-state index is 13.0. The van der Waals surface area contributed by atoms with E-state index in [0.717, 1.165) is 68.4 Å². The summed E-state index contributed by atoms with van der Waals surface area (Å²) in [5.74, 6) is 0.384. The van der Waals surface area contributed by atoms with Gasteiger partial charge in [0.2, 0.25) is 16.0 Å². The summed E-state index contributed by atoms with van der Waals surface area (Å²) < 4.78 is 37.0. The fourth-order valence-corrected chi connectivity index (χ4v) is 6.42. The lowest BCUT2D eigenvalue weighted by atomic mass is 10.0. The molecule has 0 spiro atoms. The third-order valence-corrected chi connectivity index (χ3v) is 9.85. The van der Waals surface area contributed by atoms with E-state index >= 15 is 0 Å². The second-order valence-corrected chi connectivity index (χ2v) is 14.4. The van der Waals surface area contributed by atoms with Crippen LogP contribution in [0, 0.1) is 0 Å². The molecular formula is C33H46N8O5S. The maximum absolute atomic E-state index is 13.0. The zero-order chi connectivity index (χ0) is 33.7. The Morgan fingerprint density at radius 3 is 2.36 bits per heavy atom. The van der Waals surface area contributed by atoms with Crippen LogP contribution in [0.25, 0.3) is 0 Å². The van der Waals surface area contributed by atoms with Crippen molar-refractivity contribution in [3.63, 3.8) is 0 Å². The topological polar surface area (TPSA) is 132 Å². The van der Waals surface area contributed by atoms with Gasteiger partial charge in [0.05, 0.1) is 36.5 Å². The van der Waals surface area contributed by atoms with Crippen molar-refractivity contribution in [1.29, 1.82) is 0 Å². The molecule has 0 saturated carbocycles. The number of esters is 1. The van der Waals surface area contributed by atoms with Gasteiger partial charge in [-0.25, -0.2) is 18.2 Å². The fraction of sp³-hybridized carbons (Fsp3) is 0.485. The molecule has 2 aliphatic heterocycles. The summed E-state index contributed by atoms with van der Waals surface area (Å²) in [5, 5.41) is 6.37. The smallest absolute Gasteiger partial charge is 0.343 e. The molecule has 0 amide bonds. The molecule has 0 aliphatic carbocycles. The van der Waals surface area contributed by atoms with Gasteiger partial charge in [0.1, 0.15) is 11.3 Å². The average molecular weight is 667 g/mol. The number of aromatic nitrogens is 2. The molecule has 0 atom stereocenters. The minimum atomic E-state index is -3.56. The number of rotatable bonds is 11. The van der Waals surface area contributed by atoms with E-state index in [-0.39, 0.29) is 23.4 Å². The molecule has 5 rings (SSSR count). The number of para-hydroxylation sites is 2. The van der Waals surface area contributed by atoms with E-state index < -0.39 is 16.0 Å². The first-order chi connectivity index (χ1) is 22.4. The Labute approximate surface area is 277 Å². The van der Waals surface area contributed by atoms with Gasteiger partial charge in [-0.05, 0) is 58.0 Å². The van der Waals surface area contributed by atoms with Crippen molar-refractivity contribution in [2.75, 3.05) is 86.6 Å². The van der Waals surface area contributed by atoms with Gasteiger partial charge >= 0.3 is 5.97 Å². The SMILES string of the molecule is COc1cc(N2CCC(N3CCN(C)CC3)CC2)ccc1Nc1ncc(C(=O)OC(C)C)c(Nc2ccccc2N(C)S(C)(=O)=O)n1. The molecule has 3 aromatic rings. The number of piperazine rings is 1. The number of piperidine rings is 1. The van der Waals surface area contributed by atoms with Crippen molar-refractivity contribution < 1.29 is 22.7 Å². The van der Waals surface area contributed by atoms with Crippen LogP contribution in [0.4, 0.5) is 34.5 Å². The number of anilines is 6. The summed E-state index contributed by atoms with van der Waals surface area (Å²) >= 11 is 0. The predicted octanol–water partition coefficient (Wildman–Crippen LogP) is 4.15. The van der Waals surface area contributed by atoms with Crippen LogP contribution in [0.15, 0.2) is 48.7 Å². The van der Waals surface area contributed by atoms with Gasteiger partial charge in [0.15, 0.2) is 5.82 Å². The van der Waals surface area contributed by atoms with Crippen LogP contribution in [0.1, 0.15) is 37.0 Å². The zero-order valence-electron chi connectivity index (χ0n) is 28.1. The molecule has 13 nitrogen and oxygen atoms in total. The Morgan fingerprint density at radius 1 is 1.00 bits per heavy atom. The van der Waals surface area contributed by atoms with Gasteiger partial charge < -0.3 is 29.9 Å². The summed E-state index contributed by atoms with van der Waals surface area (Å²) in [7, 11) is 1.72. The number of likely N-dealkylation sites (N-methyl/N-ethyl adjacent to an activating group) is 1. The molecule has 2 saturated heterocycles. The highest BCUT2D eigenvalue weighted by Gasteiger charge is 2.27. The van der Waals surface area contributed by atoms with Gasteiger partial charge in [-0.3, -0.25) is 9.21 Å². The Balaban J connectivity index is 1.36. The average Bonchev–Trinajstić information content (AvgIpc) is 3.04. The van der Waals surface area contributed by atoms with Gasteiger partial charge in [0, 0.05) is 70.3 Å². The molecule has 2 aliphatic rings. The molecule has 2 aromatic carbocycles. The van der Waals surface area contributed by atoms with Crippen LogP contribution in [0.2, 0.25) is 0 Å². The molecule has 0 radical (unpaired) electrons. The highest BCUT2D eigenvalue weighted by atomic mass is 32.2. The van der Waals surface area contributed by atoms with Crippen molar-refractivity contribution >= 4 is 50.5 Å². The van der Waals surface area contributed by atoms with Gasteiger partial charge in [-0.2, -0.15) is 4.98 Å². The molecule has 3 heterocycles. The monoisotopic (exact) mass is 666 g/mol. The Morgan fingerprint density at radius 2 is 1.70 bits per heavy atom. The first-order valence-corrected chi connectivity index (χ1v) is 17.8. The largest absolute Gasteiger partial charge is 0.494 e. The molecule has 0 unspecified atom stereocenters. The lowest BCUT2D eigenvalue weighted by molar-refractivity contribution is 0.0378. The van der Waals surface area contributed by atoms with Crippen molar-refractivity contribution in [2.45, 2.75) is 38.8 Å². The number of nitrogens with one attached hydrogen (secondary N) is 2. The predicted molar refractivity (Wildman–Crippen MR) is 186 cm³/mol. The second-order valence-electron chi connectivity index (χ2n) is 12.3. The highest BCUT2D eigenvalue weighted by molar-refractivity contribution is 7.92. The van der Waals surface area contributed by atoms with Crippen LogP contribution in [-0.4, -0.2) is 113 Å². The first kappa shape index (κ1) is 34.2. The number of carbonyl (C=O) groups excluding carboxylic acids is 1. The highest BCUT2D eigenvalue weighted by Crippen LogP contribution is 2.35. The van der Waals surface area contributed by atoms with Crippen molar-refractivity contribution in [1.82, 2.24) is 19.8 Å². The number of hydrogen-bond donors (Lipinski definition) is 2. The van der Waals surface area contributed by atoms with Crippen LogP contribution in [0.3, 0.4) is 0 Å². The summed E-state index contributed by atoms with van der Waals surface area (Å²) in [6.45, 7) is 10.0. The van der Waals surface area contributed by atoms with Gasteiger partial charge in [-0.1, -0.05) is 12.1 Å². The fourth-order valence-electron chi connectivity index (χ4n) is 5.90. The molecule has 1 aromatic heterocycles. The standard InChI is InChI=1S/C33H46N8O5S/c1-23(2)46-32(42)26-22-34-33(37-31(26)35-27-9-7-8-10-29(27)39(4)47(6,43)44)36-28-12-11-25(21-30(28)45-5)40-15-13-24(14-16-40)41-19-17-38(3)18-20-41/h7-12,21-24H,13-20H2,1-6H3,(H2,34,35,36,37). The first-order valence-electron chi connectivity index (χ1n) is 15.9. The normalized spacial score (nSPS) is 16.6. The number of benzene rings is 2. The van der Waals surface area contributed by atoms with E-state index in [1.165, 1.54) is 13.2 Å². The minimum absolute atomic E-state index is 0.100.